The van der Waals surface area contributed by atoms with Gasteiger partial charge in [0.15, 0.2) is 5.82 Å². The molecule has 0 amide bonds. The normalized spacial score (nSPS) is 10.0. The fraction of sp³-hybridized carbons (Fsp3) is 0. The first kappa shape index (κ1) is 17.8. The summed E-state index contributed by atoms with van der Waals surface area (Å²) < 4.78 is 50.3. The quantitative estimate of drug-likeness (QED) is 0.234. The van der Waals surface area contributed by atoms with Crippen molar-refractivity contribution in [2.24, 2.45) is 0 Å². The smallest absolute Gasteiger partial charge is 0.158 e. The van der Waals surface area contributed by atoms with Crippen molar-refractivity contribution in [1.29, 1.82) is 0 Å². The molecule has 0 saturated carbocycles. The highest BCUT2D eigenvalue weighted by Gasteiger charge is 2.08. The molecular formula is C12H4Br2Cl2F4. The second-order valence-electron chi connectivity index (χ2n) is 3.34. The van der Waals surface area contributed by atoms with Crippen molar-refractivity contribution in [3.05, 3.63) is 66.5 Å². The van der Waals surface area contributed by atoms with Gasteiger partial charge in [0.05, 0.1) is 4.47 Å². The van der Waals surface area contributed by atoms with Crippen LogP contribution in [0.5, 0.6) is 0 Å². The lowest BCUT2D eigenvalue weighted by Gasteiger charge is -1.96. The van der Waals surface area contributed by atoms with Gasteiger partial charge in [-0.2, -0.15) is 0 Å². The van der Waals surface area contributed by atoms with Crippen LogP contribution in [0.1, 0.15) is 0 Å². The summed E-state index contributed by atoms with van der Waals surface area (Å²) in [6.07, 6.45) is 0. The van der Waals surface area contributed by atoms with Crippen LogP contribution in [0.4, 0.5) is 17.6 Å². The Morgan fingerprint density at radius 1 is 0.750 bits per heavy atom. The van der Waals surface area contributed by atoms with E-state index in [1.54, 1.807) is 0 Å². The zero-order chi connectivity index (χ0) is 15.4. The molecule has 0 radical (unpaired) electrons. The van der Waals surface area contributed by atoms with Gasteiger partial charge in [0.1, 0.15) is 27.5 Å². The monoisotopic (exact) mass is 452 g/mol. The van der Waals surface area contributed by atoms with Crippen LogP contribution in [0, 0.1) is 23.3 Å². The zero-order valence-electron chi connectivity index (χ0n) is 9.33. The Morgan fingerprint density at radius 3 is 1.70 bits per heavy atom. The maximum Gasteiger partial charge on any atom is 0.158 e. The highest BCUT2D eigenvalue weighted by molar-refractivity contribution is 9.10. The van der Waals surface area contributed by atoms with Gasteiger partial charge < -0.3 is 0 Å². The molecule has 2 rings (SSSR count). The van der Waals surface area contributed by atoms with Gasteiger partial charge in [-0.15, -0.1) is 0 Å². The number of rotatable bonds is 0. The molecule has 0 N–H and O–H groups in total. The van der Waals surface area contributed by atoms with E-state index in [2.05, 4.69) is 31.9 Å². The first-order valence-electron chi connectivity index (χ1n) is 4.83. The van der Waals surface area contributed by atoms with E-state index in [0.29, 0.717) is 4.47 Å². The topological polar surface area (TPSA) is 0 Å². The van der Waals surface area contributed by atoms with Crippen LogP contribution < -0.4 is 0 Å². The minimum absolute atomic E-state index is 0.166. The Balaban J connectivity index is 0.000000200. The lowest BCUT2D eigenvalue weighted by Crippen LogP contribution is -1.83. The van der Waals surface area contributed by atoms with Crippen molar-refractivity contribution in [2.45, 2.75) is 0 Å². The summed E-state index contributed by atoms with van der Waals surface area (Å²) in [5, 5.41) is -0.947. The maximum atomic E-state index is 12.6. The molecule has 2 aromatic carbocycles. The number of hydrogen-bond donors (Lipinski definition) is 0. The van der Waals surface area contributed by atoms with E-state index in [9.17, 15) is 17.6 Å². The van der Waals surface area contributed by atoms with E-state index in [1.165, 1.54) is 6.07 Å². The Labute approximate surface area is 138 Å². The summed E-state index contributed by atoms with van der Waals surface area (Å²) in [5.41, 5.74) is 0. The molecule has 0 unspecified atom stereocenters. The third-order valence-corrected chi connectivity index (χ3v) is 3.71. The lowest BCUT2D eigenvalue weighted by molar-refractivity contribution is 0.579. The van der Waals surface area contributed by atoms with Crippen molar-refractivity contribution < 1.29 is 17.6 Å². The molecule has 0 atom stereocenters. The molecule has 0 spiro atoms. The first-order valence-corrected chi connectivity index (χ1v) is 7.17. The van der Waals surface area contributed by atoms with Crippen molar-refractivity contribution in [1.82, 2.24) is 0 Å². The summed E-state index contributed by atoms with van der Waals surface area (Å²) in [7, 11) is 0. The number of hydrogen-bond acceptors (Lipinski definition) is 0. The van der Waals surface area contributed by atoms with Crippen molar-refractivity contribution in [3.8, 4) is 0 Å². The van der Waals surface area contributed by atoms with E-state index in [-0.39, 0.29) is 4.47 Å². The minimum Gasteiger partial charge on any atom is -0.205 e. The van der Waals surface area contributed by atoms with Gasteiger partial charge in [-0.3, -0.25) is 0 Å². The van der Waals surface area contributed by atoms with Crippen molar-refractivity contribution in [2.75, 3.05) is 0 Å². The van der Waals surface area contributed by atoms with E-state index in [0.717, 1.165) is 18.2 Å². The molecule has 2 aromatic rings. The van der Waals surface area contributed by atoms with Gasteiger partial charge in [0.25, 0.3) is 0 Å². The van der Waals surface area contributed by atoms with Crippen LogP contribution in [0.15, 0.2) is 33.2 Å². The van der Waals surface area contributed by atoms with Gasteiger partial charge >= 0.3 is 0 Å². The summed E-state index contributed by atoms with van der Waals surface area (Å²) in [6, 6.07) is 4.56. The first-order chi connectivity index (χ1) is 9.23. The van der Waals surface area contributed by atoms with E-state index < -0.39 is 33.3 Å². The van der Waals surface area contributed by atoms with Crippen LogP contribution in [0.2, 0.25) is 10.0 Å². The molecule has 0 heterocycles. The summed E-state index contributed by atoms with van der Waals surface area (Å²) >= 11 is 16.1. The van der Waals surface area contributed by atoms with Gasteiger partial charge in [-0.05, 0) is 40.2 Å². The molecule has 0 saturated heterocycles. The third kappa shape index (κ3) is 4.62. The summed E-state index contributed by atoms with van der Waals surface area (Å²) in [6.45, 7) is 0. The fourth-order valence-electron chi connectivity index (χ4n) is 1.03. The Bertz CT molecular complexity index is 585. The molecule has 108 valence electrons. The largest absolute Gasteiger partial charge is 0.205 e. The Morgan fingerprint density at radius 2 is 1.25 bits per heavy atom. The fourth-order valence-corrected chi connectivity index (χ4v) is 2.15. The SMILES string of the molecule is Fc1cc(Br)cc(F)c1Cl.Fc1ccc(Br)c(F)c1Cl. The molecule has 0 aliphatic carbocycles. The standard InChI is InChI=1S/2C6H2BrClF2/c7-3-1-4(9)6(8)5(10)2-3;7-3-1-2-4(9)5(8)6(3)10/h2*1-2H. The highest BCUT2D eigenvalue weighted by atomic mass is 79.9. The van der Waals surface area contributed by atoms with Crippen LogP contribution in [-0.2, 0) is 0 Å². The predicted octanol–water partition coefficient (Wildman–Crippen LogP) is 6.76. The van der Waals surface area contributed by atoms with Gasteiger partial charge in [-0.1, -0.05) is 39.1 Å². The molecular weight excluding hydrogens is 451 g/mol. The van der Waals surface area contributed by atoms with Crippen molar-refractivity contribution in [3.63, 3.8) is 0 Å². The summed E-state index contributed by atoms with van der Waals surface area (Å²) in [4.78, 5) is 0. The van der Waals surface area contributed by atoms with E-state index in [1.807, 2.05) is 0 Å². The van der Waals surface area contributed by atoms with Gasteiger partial charge in [0.2, 0.25) is 0 Å². The zero-order valence-corrected chi connectivity index (χ0v) is 14.0. The average molecular weight is 455 g/mol. The van der Waals surface area contributed by atoms with Gasteiger partial charge in [-0.25, -0.2) is 17.6 Å². The average Bonchev–Trinajstić information content (AvgIpc) is 2.39. The molecule has 0 aromatic heterocycles. The van der Waals surface area contributed by atoms with Crippen LogP contribution >= 0.6 is 55.1 Å². The number of halogens is 8. The molecule has 8 heteroatoms. The van der Waals surface area contributed by atoms with Crippen LogP contribution in [0.25, 0.3) is 0 Å². The van der Waals surface area contributed by atoms with Crippen molar-refractivity contribution >= 4 is 55.1 Å². The molecule has 20 heavy (non-hydrogen) atoms. The Kier molecular flexibility index (Phi) is 6.78. The predicted molar refractivity (Wildman–Crippen MR) is 78.1 cm³/mol. The third-order valence-electron chi connectivity index (χ3n) is 1.94. The lowest BCUT2D eigenvalue weighted by atomic mass is 10.3. The molecule has 0 aliphatic rings. The second kappa shape index (κ2) is 7.64. The summed E-state index contributed by atoms with van der Waals surface area (Å²) in [5.74, 6) is -3.02. The van der Waals surface area contributed by atoms with Crippen LogP contribution in [-0.4, -0.2) is 0 Å². The molecule has 0 aliphatic heterocycles. The maximum absolute atomic E-state index is 12.6. The molecule has 0 nitrogen and oxygen atoms in total. The highest BCUT2D eigenvalue weighted by Crippen LogP contribution is 2.25. The Hall–Kier alpha value is -0.300. The molecule has 0 fully saturated rings. The van der Waals surface area contributed by atoms with Crippen LogP contribution in [0.3, 0.4) is 0 Å². The van der Waals surface area contributed by atoms with E-state index >= 15 is 0 Å². The number of benzene rings is 2. The van der Waals surface area contributed by atoms with E-state index in [4.69, 9.17) is 23.2 Å². The molecule has 0 bridgehead atoms. The van der Waals surface area contributed by atoms with Gasteiger partial charge in [0, 0.05) is 4.47 Å². The second-order valence-corrected chi connectivity index (χ2v) is 5.87. The minimum atomic E-state index is -0.762.